The molecule has 0 bridgehead atoms. The summed E-state index contributed by atoms with van der Waals surface area (Å²) < 4.78 is 5.68. The first-order chi connectivity index (χ1) is 8.62. The van der Waals surface area contributed by atoms with E-state index in [2.05, 4.69) is 26.8 Å². The molecule has 0 amide bonds. The van der Waals surface area contributed by atoms with E-state index in [4.69, 9.17) is 4.74 Å². The molecule has 0 unspecified atom stereocenters. The number of hydrogen-bond donors (Lipinski definition) is 0. The summed E-state index contributed by atoms with van der Waals surface area (Å²) in [5.74, 6) is 1.56. The van der Waals surface area contributed by atoms with Crippen molar-refractivity contribution >= 4 is 0 Å². The lowest BCUT2D eigenvalue weighted by atomic mass is 9.69. The summed E-state index contributed by atoms with van der Waals surface area (Å²) in [4.78, 5) is 0. The van der Waals surface area contributed by atoms with E-state index < -0.39 is 0 Å². The second-order valence-corrected chi connectivity index (χ2v) is 6.29. The third-order valence-corrected chi connectivity index (χ3v) is 4.44. The Labute approximate surface area is 113 Å². The van der Waals surface area contributed by atoms with Crippen LogP contribution in [0.3, 0.4) is 0 Å². The fourth-order valence-electron chi connectivity index (χ4n) is 2.74. The summed E-state index contributed by atoms with van der Waals surface area (Å²) in [5.41, 5.74) is -0.0799. The summed E-state index contributed by atoms with van der Waals surface area (Å²) in [6.45, 7) is 8.30. The monoisotopic (exact) mass is 251 g/mol. The van der Waals surface area contributed by atoms with Crippen molar-refractivity contribution in [1.29, 1.82) is 5.26 Å². The van der Waals surface area contributed by atoms with E-state index in [1.807, 2.05) is 0 Å². The fraction of sp³-hybridized carbons (Fsp3) is 0.938. The maximum atomic E-state index is 9.44. The van der Waals surface area contributed by atoms with Gasteiger partial charge in [-0.2, -0.15) is 5.26 Å². The highest BCUT2D eigenvalue weighted by molar-refractivity contribution is 5.01. The van der Waals surface area contributed by atoms with Gasteiger partial charge in [0.15, 0.2) is 0 Å². The van der Waals surface area contributed by atoms with Crippen molar-refractivity contribution in [3.05, 3.63) is 0 Å². The van der Waals surface area contributed by atoms with Gasteiger partial charge in [0, 0.05) is 13.2 Å². The Hall–Kier alpha value is -0.550. The number of hydrogen-bond acceptors (Lipinski definition) is 2. The van der Waals surface area contributed by atoms with Crippen LogP contribution in [-0.4, -0.2) is 13.2 Å². The minimum absolute atomic E-state index is 0.0799. The molecular formula is C16H29NO. The smallest absolute Gasteiger partial charge is 0.0690 e. The normalized spacial score (nSPS) is 28.3. The largest absolute Gasteiger partial charge is 0.381 e. The summed E-state index contributed by atoms with van der Waals surface area (Å²) >= 11 is 0. The molecule has 2 heteroatoms. The van der Waals surface area contributed by atoms with Crippen molar-refractivity contribution in [2.75, 3.05) is 13.2 Å². The van der Waals surface area contributed by atoms with Gasteiger partial charge in [-0.15, -0.1) is 0 Å². The molecule has 0 aromatic rings. The SMILES string of the molecule is CCC1CCC(C#N)(CCOCCC(C)C)CC1. The molecule has 0 aromatic heterocycles. The predicted octanol–water partition coefficient (Wildman–Crippen LogP) is 4.55. The van der Waals surface area contributed by atoms with E-state index >= 15 is 0 Å². The topological polar surface area (TPSA) is 33.0 Å². The van der Waals surface area contributed by atoms with Crippen LogP contribution in [0.2, 0.25) is 0 Å². The zero-order valence-electron chi connectivity index (χ0n) is 12.4. The zero-order chi connectivity index (χ0) is 13.4. The summed E-state index contributed by atoms with van der Waals surface area (Å²) in [6.07, 6.45) is 7.94. The molecule has 1 rings (SSSR count). The Balaban J connectivity index is 2.24. The Kier molecular flexibility index (Phi) is 6.71. The van der Waals surface area contributed by atoms with Crippen LogP contribution >= 0.6 is 0 Å². The fourth-order valence-corrected chi connectivity index (χ4v) is 2.74. The minimum Gasteiger partial charge on any atom is -0.381 e. The van der Waals surface area contributed by atoms with Gasteiger partial charge in [0.2, 0.25) is 0 Å². The molecule has 0 atom stereocenters. The van der Waals surface area contributed by atoms with Gasteiger partial charge in [-0.05, 0) is 50.4 Å². The molecule has 1 aliphatic rings. The molecular weight excluding hydrogens is 222 g/mol. The van der Waals surface area contributed by atoms with Crippen LogP contribution in [0.1, 0.15) is 65.7 Å². The third-order valence-electron chi connectivity index (χ3n) is 4.44. The first-order valence-corrected chi connectivity index (χ1v) is 7.61. The average molecular weight is 251 g/mol. The van der Waals surface area contributed by atoms with Gasteiger partial charge in [-0.3, -0.25) is 0 Å². The van der Waals surface area contributed by atoms with Crippen molar-refractivity contribution in [2.45, 2.75) is 65.7 Å². The van der Waals surface area contributed by atoms with Crippen molar-refractivity contribution < 1.29 is 4.74 Å². The van der Waals surface area contributed by atoms with Gasteiger partial charge >= 0.3 is 0 Å². The lowest BCUT2D eigenvalue weighted by Gasteiger charge is -2.34. The van der Waals surface area contributed by atoms with Crippen LogP contribution in [0.15, 0.2) is 0 Å². The Morgan fingerprint density at radius 2 is 1.94 bits per heavy atom. The van der Waals surface area contributed by atoms with Crippen LogP contribution in [0.25, 0.3) is 0 Å². The van der Waals surface area contributed by atoms with E-state index in [9.17, 15) is 5.26 Å². The molecule has 0 N–H and O–H groups in total. The molecule has 0 saturated heterocycles. The van der Waals surface area contributed by atoms with E-state index in [1.54, 1.807) is 0 Å². The molecule has 104 valence electrons. The number of nitriles is 1. The highest BCUT2D eigenvalue weighted by atomic mass is 16.5. The lowest BCUT2D eigenvalue weighted by molar-refractivity contribution is 0.0828. The Morgan fingerprint density at radius 1 is 1.28 bits per heavy atom. The van der Waals surface area contributed by atoms with Crippen LogP contribution in [0.5, 0.6) is 0 Å². The van der Waals surface area contributed by atoms with Gasteiger partial charge in [-0.25, -0.2) is 0 Å². The van der Waals surface area contributed by atoms with Crippen molar-refractivity contribution in [1.82, 2.24) is 0 Å². The summed E-state index contributed by atoms with van der Waals surface area (Å²) in [6, 6.07) is 2.58. The molecule has 1 fully saturated rings. The van der Waals surface area contributed by atoms with Crippen LogP contribution < -0.4 is 0 Å². The molecule has 0 heterocycles. The molecule has 18 heavy (non-hydrogen) atoms. The number of nitrogens with zero attached hydrogens (tertiary/aromatic N) is 1. The summed E-state index contributed by atoms with van der Waals surface area (Å²) in [5, 5.41) is 9.44. The summed E-state index contributed by atoms with van der Waals surface area (Å²) in [7, 11) is 0. The first kappa shape index (κ1) is 15.5. The second-order valence-electron chi connectivity index (χ2n) is 6.29. The van der Waals surface area contributed by atoms with Crippen molar-refractivity contribution in [3.63, 3.8) is 0 Å². The lowest BCUT2D eigenvalue weighted by Crippen LogP contribution is -2.27. The number of rotatable bonds is 7. The molecule has 0 aromatic carbocycles. The average Bonchev–Trinajstić information content (AvgIpc) is 2.38. The molecule has 0 radical (unpaired) electrons. The highest BCUT2D eigenvalue weighted by Gasteiger charge is 2.34. The van der Waals surface area contributed by atoms with Crippen molar-refractivity contribution in [2.24, 2.45) is 17.3 Å². The van der Waals surface area contributed by atoms with E-state index in [1.165, 1.54) is 19.3 Å². The molecule has 0 aliphatic heterocycles. The first-order valence-electron chi connectivity index (χ1n) is 7.61. The van der Waals surface area contributed by atoms with Gasteiger partial charge in [0.25, 0.3) is 0 Å². The standard InChI is InChI=1S/C16H29NO/c1-4-15-5-8-16(13-17,9-6-15)10-12-18-11-7-14(2)3/h14-15H,4-12H2,1-3H3. The Morgan fingerprint density at radius 3 is 2.44 bits per heavy atom. The minimum atomic E-state index is -0.0799. The van der Waals surface area contributed by atoms with Gasteiger partial charge in [0.05, 0.1) is 11.5 Å². The highest BCUT2D eigenvalue weighted by Crippen LogP contribution is 2.41. The van der Waals surface area contributed by atoms with Crippen LogP contribution in [0.4, 0.5) is 0 Å². The molecule has 1 saturated carbocycles. The molecule has 0 spiro atoms. The van der Waals surface area contributed by atoms with E-state index in [-0.39, 0.29) is 5.41 Å². The van der Waals surface area contributed by atoms with Crippen molar-refractivity contribution in [3.8, 4) is 6.07 Å². The van der Waals surface area contributed by atoms with E-state index in [0.717, 1.165) is 44.8 Å². The molecule has 2 nitrogen and oxygen atoms in total. The van der Waals surface area contributed by atoms with Gasteiger partial charge in [-0.1, -0.05) is 27.2 Å². The third kappa shape index (κ3) is 4.98. The number of ether oxygens (including phenoxy) is 1. The van der Waals surface area contributed by atoms with Crippen LogP contribution in [0, 0.1) is 28.6 Å². The van der Waals surface area contributed by atoms with Crippen LogP contribution in [-0.2, 0) is 4.74 Å². The molecule has 1 aliphatic carbocycles. The zero-order valence-corrected chi connectivity index (χ0v) is 12.4. The van der Waals surface area contributed by atoms with Gasteiger partial charge in [0.1, 0.15) is 0 Å². The Bertz CT molecular complexity index is 259. The maximum absolute atomic E-state index is 9.44. The van der Waals surface area contributed by atoms with Gasteiger partial charge < -0.3 is 4.74 Å². The van der Waals surface area contributed by atoms with E-state index in [0.29, 0.717) is 5.92 Å². The quantitative estimate of drug-likeness (QED) is 0.622. The second kappa shape index (κ2) is 7.79. The maximum Gasteiger partial charge on any atom is 0.0690 e. The predicted molar refractivity (Wildman–Crippen MR) is 75.2 cm³/mol.